The van der Waals surface area contributed by atoms with Crippen molar-refractivity contribution in [2.24, 2.45) is 35.5 Å². The molecule has 1 heterocycles. The molecule has 0 radical (unpaired) electrons. The van der Waals surface area contributed by atoms with Crippen LogP contribution in [0.1, 0.15) is 67.2 Å². The number of aliphatic hydroxyl groups is 3. The van der Waals surface area contributed by atoms with Gasteiger partial charge in [0.2, 0.25) is 0 Å². The molecule has 0 fully saturated rings. The molecule has 1 aliphatic rings. The Balaban J connectivity index is 3.33. The lowest BCUT2D eigenvalue weighted by molar-refractivity contribution is -0.150. The SMILES string of the molecule is C=CC=CC(C)C1OC(=O)C=CC=CC(C)C(OP(=O)(O)O)CC(O)C=CC(C)C(O)C(C)CC(C)CCC(O)C1C. The van der Waals surface area contributed by atoms with Gasteiger partial charge in [0, 0.05) is 36.2 Å². The molecule has 0 amide bonds. The highest BCUT2D eigenvalue weighted by atomic mass is 31.2. The zero-order valence-corrected chi connectivity index (χ0v) is 26.8. The minimum absolute atomic E-state index is 0.0512. The van der Waals surface area contributed by atoms with E-state index >= 15 is 0 Å². The second-order valence-electron chi connectivity index (χ2n) is 12.0. The highest BCUT2D eigenvalue weighted by Gasteiger charge is 2.32. The molecule has 0 bridgehead atoms. The topological polar surface area (TPSA) is 154 Å². The third-order valence-corrected chi connectivity index (χ3v) is 8.57. The molecule has 42 heavy (non-hydrogen) atoms. The van der Waals surface area contributed by atoms with Crippen molar-refractivity contribution in [3.63, 3.8) is 0 Å². The Labute approximate surface area is 252 Å². The maximum Gasteiger partial charge on any atom is 0.469 e. The summed E-state index contributed by atoms with van der Waals surface area (Å²) in [6.45, 7) is 15.0. The van der Waals surface area contributed by atoms with Crippen molar-refractivity contribution in [1.29, 1.82) is 0 Å². The molecule has 0 saturated carbocycles. The number of hydrogen-bond acceptors (Lipinski definition) is 7. The highest BCUT2D eigenvalue weighted by molar-refractivity contribution is 7.46. The third-order valence-electron chi connectivity index (χ3n) is 8.03. The summed E-state index contributed by atoms with van der Waals surface area (Å²) < 4.78 is 22.4. The largest absolute Gasteiger partial charge is 0.469 e. The second kappa shape index (κ2) is 18.7. The average Bonchev–Trinajstić information content (AvgIpc) is 2.91. The molecule has 10 heteroatoms. The second-order valence-corrected chi connectivity index (χ2v) is 13.2. The van der Waals surface area contributed by atoms with E-state index in [4.69, 9.17) is 9.26 Å². The number of ether oxygens (including phenoxy) is 1. The molecule has 11 unspecified atom stereocenters. The van der Waals surface area contributed by atoms with E-state index in [1.54, 1.807) is 37.3 Å². The number of hydrogen-bond donors (Lipinski definition) is 5. The number of carbonyl (C=O) groups excluding carboxylic acids is 1. The van der Waals surface area contributed by atoms with Gasteiger partial charge < -0.3 is 29.8 Å². The van der Waals surface area contributed by atoms with Crippen LogP contribution in [0.2, 0.25) is 0 Å². The first-order chi connectivity index (χ1) is 19.5. The van der Waals surface area contributed by atoms with Crippen molar-refractivity contribution in [2.45, 2.75) is 97.7 Å². The molecular weight excluding hydrogens is 559 g/mol. The Morgan fingerprint density at radius 3 is 2.29 bits per heavy atom. The van der Waals surface area contributed by atoms with Gasteiger partial charge in [0.15, 0.2) is 0 Å². The smallest absolute Gasteiger partial charge is 0.458 e. The minimum atomic E-state index is -4.85. The van der Waals surface area contributed by atoms with E-state index < -0.39 is 50.2 Å². The Morgan fingerprint density at radius 2 is 1.67 bits per heavy atom. The van der Waals surface area contributed by atoms with Crippen molar-refractivity contribution in [3.8, 4) is 0 Å². The van der Waals surface area contributed by atoms with Crippen molar-refractivity contribution in [3.05, 3.63) is 61.3 Å². The number of phosphoric ester groups is 1. The summed E-state index contributed by atoms with van der Waals surface area (Å²) in [5.74, 6) is -1.76. The maximum atomic E-state index is 12.7. The summed E-state index contributed by atoms with van der Waals surface area (Å²) in [4.78, 5) is 31.6. The summed E-state index contributed by atoms with van der Waals surface area (Å²) in [6, 6.07) is 0. The van der Waals surface area contributed by atoms with Gasteiger partial charge in [0.25, 0.3) is 0 Å². The molecule has 0 aromatic heterocycles. The number of phosphoric acid groups is 1. The molecule has 5 N–H and O–H groups in total. The van der Waals surface area contributed by atoms with E-state index in [0.717, 1.165) is 12.8 Å². The molecule has 9 nitrogen and oxygen atoms in total. The summed E-state index contributed by atoms with van der Waals surface area (Å²) >= 11 is 0. The minimum Gasteiger partial charge on any atom is -0.458 e. The lowest BCUT2D eigenvalue weighted by Gasteiger charge is -2.31. The fourth-order valence-electron chi connectivity index (χ4n) is 5.34. The number of rotatable bonds is 5. The van der Waals surface area contributed by atoms with E-state index in [2.05, 4.69) is 13.5 Å². The quantitative estimate of drug-likeness (QED) is 0.121. The average molecular weight is 613 g/mol. The number of allylic oxidation sites excluding steroid dienone is 4. The molecule has 11 atom stereocenters. The number of cyclic esters (lactones) is 1. The first-order valence-electron chi connectivity index (χ1n) is 14.9. The van der Waals surface area contributed by atoms with Crippen LogP contribution in [0.4, 0.5) is 0 Å². The number of aliphatic hydroxyl groups excluding tert-OH is 3. The van der Waals surface area contributed by atoms with Crippen LogP contribution < -0.4 is 0 Å². The fourth-order valence-corrected chi connectivity index (χ4v) is 5.97. The van der Waals surface area contributed by atoms with Gasteiger partial charge in [-0.3, -0.25) is 4.52 Å². The van der Waals surface area contributed by atoms with Gasteiger partial charge in [0.1, 0.15) is 6.10 Å². The highest BCUT2D eigenvalue weighted by Crippen LogP contribution is 2.40. The Kier molecular flexibility index (Phi) is 17.0. The standard InChI is InChI=1S/C32H53O9P/c1-8-9-12-24(5)32-26(7)28(34)18-15-21(2)19-25(6)31(36)23(4)16-17-27(33)20-29(41-42(37,38)39)22(3)13-10-11-14-30(35)40-32/h8-14,16-17,21-29,31-34,36H,1,15,18-20H2,2-7H3,(H2,37,38,39). The Bertz CT molecular complexity index is 984. The van der Waals surface area contributed by atoms with E-state index in [9.17, 15) is 34.5 Å². The lowest BCUT2D eigenvalue weighted by atomic mass is 9.82. The normalized spacial score (nSPS) is 36.1. The van der Waals surface area contributed by atoms with Crippen LogP contribution in [0, 0.1) is 35.5 Å². The van der Waals surface area contributed by atoms with Crippen molar-refractivity contribution in [2.75, 3.05) is 0 Å². The number of esters is 1. The molecule has 0 spiro atoms. The van der Waals surface area contributed by atoms with Gasteiger partial charge in [-0.1, -0.05) is 96.7 Å². The first kappa shape index (κ1) is 38.2. The third kappa shape index (κ3) is 14.6. The molecule has 0 aromatic carbocycles. The molecule has 0 aliphatic carbocycles. The molecule has 1 rings (SSSR count). The van der Waals surface area contributed by atoms with E-state index in [0.29, 0.717) is 6.42 Å². The summed E-state index contributed by atoms with van der Waals surface area (Å²) in [7, 11) is -4.85. The molecule has 240 valence electrons. The summed E-state index contributed by atoms with van der Waals surface area (Å²) in [5, 5.41) is 32.6. The van der Waals surface area contributed by atoms with Crippen molar-refractivity contribution in [1.82, 2.24) is 0 Å². The molecule has 0 saturated heterocycles. The van der Waals surface area contributed by atoms with Crippen LogP contribution in [0.25, 0.3) is 0 Å². The molecule has 1 aliphatic heterocycles. The zero-order valence-electron chi connectivity index (χ0n) is 25.9. The predicted octanol–water partition coefficient (Wildman–Crippen LogP) is 5.26. The van der Waals surface area contributed by atoms with Crippen LogP contribution in [-0.2, 0) is 18.6 Å². The summed E-state index contributed by atoms with van der Waals surface area (Å²) in [6.07, 6.45) is 12.2. The summed E-state index contributed by atoms with van der Waals surface area (Å²) in [5.41, 5.74) is 0. The van der Waals surface area contributed by atoms with Crippen LogP contribution in [-0.4, -0.2) is 61.6 Å². The molecular formula is C32H53O9P. The van der Waals surface area contributed by atoms with E-state index in [-0.39, 0.29) is 36.0 Å². The van der Waals surface area contributed by atoms with Gasteiger partial charge in [-0.05, 0) is 31.1 Å². The zero-order chi connectivity index (χ0) is 32.0. The van der Waals surface area contributed by atoms with Crippen molar-refractivity contribution < 1.29 is 43.7 Å². The van der Waals surface area contributed by atoms with Crippen LogP contribution in [0.15, 0.2) is 61.3 Å². The predicted molar refractivity (Wildman–Crippen MR) is 165 cm³/mol. The monoisotopic (exact) mass is 612 g/mol. The van der Waals surface area contributed by atoms with E-state index in [1.807, 2.05) is 33.8 Å². The van der Waals surface area contributed by atoms with Gasteiger partial charge in [-0.25, -0.2) is 9.36 Å². The van der Waals surface area contributed by atoms with Crippen LogP contribution in [0.3, 0.4) is 0 Å². The maximum absolute atomic E-state index is 12.7. The Hall–Kier alpha value is -1.84. The Morgan fingerprint density at radius 1 is 1.00 bits per heavy atom. The van der Waals surface area contributed by atoms with Gasteiger partial charge in [-0.15, -0.1) is 0 Å². The van der Waals surface area contributed by atoms with E-state index in [1.165, 1.54) is 18.2 Å². The van der Waals surface area contributed by atoms with Gasteiger partial charge in [0.05, 0.1) is 24.4 Å². The number of carbonyl (C=O) groups is 1. The first-order valence-corrected chi connectivity index (χ1v) is 16.4. The van der Waals surface area contributed by atoms with Gasteiger partial charge >= 0.3 is 13.8 Å². The molecule has 0 aromatic rings. The van der Waals surface area contributed by atoms with Gasteiger partial charge in [-0.2, -0.15) is 0 Å². The van der Waals surface area contributed by atoms with Crippen LogP contribution >= 0.6 is 7.82 Å². The lowest BCUT2D eigenvalue weighted by Crippen LogP contribution is -2.37. The van der Waals surface area contributed by atoms with Crippen LogP contribution in [0.5, 0.6) is 0 Å². The fraction of sp³-hybridized carbons (Fsp3) is 0.656. The van der Waals surface area contributed by atoms with Crippen molar-refractivity contribution >= 4 is 13.8 Å².